The number of halogens is 2. The zero-order valence-corrected chi connectivity index (χ0v) is 16.3. The Balaban J connectivity index is 1.33. The van der Waals surface area contributed by atoms with Crippen LogP contribution < -0.4 is 10.1 Å². The van der Waals surface area contributed by atoms with E-state index in [1.54, 1.807) is 12.3 Å². The van der Waals surface area contributed by atoms with Crippen LogP contribution in [0.25, 0.3) is 21.0 Å². The third-order valence-corrected chi connectivity index (χ3v) is 5.91. The molecule has 0 aliphatic carbocycles. The number of carbonyl (C=O) groups excluding carboxylic acids is 1. The van der Waals surface area contributed by atoms with E-state index >= 15 is 0 Å². The van der Waals surface area contributed by atoms with Crippen LogP contribution in [0.1, 0.15) is 16.1 Å². The second-order valence-corrected chi connectivity index (χ2v) is 7.60. The van der Waals surface area contributed by atoms with Crippen LogP contribution in [-0.4, -0.2) is 24.0 Å². The van der Waals surface area contributed by atoms with Gasteiger partial charge in [0, 0.05) is 28.2 Å². The molecule has 0 aliphatic heterocycles. The minimum Gasteiger partial charge on any atom is -0.491 e. The molecule has 0 fully saturated rings. The molecular weight excluding hydrogens is 399 g/mol. The quantitative estimate of drug-likeness (QED) is 0.427. The Morgan fingerprint density at radius 3 is 2.96 bits per heavy atom. The molecule has 0 spiro atoms. The summed E-state index contributed by atoms with van der Waals surface area (Å²) in [6.45, 7) is 0.886. The molecule has 2 heterocycles. The fraction of sp³-hybridized carbons (Fsp3) is 0.143. The van der Waals surface area contributed by atoms with Gasteiger partial charge in [0.05, 0.1) is 11.6 Å². The Morgan fingerprint density at radius 1 is 1.21 bits per heavy atom. The second-order valence-electron chi connectivity index (χ2n) is 6.17. The van der Waals surface area contributed by atoms with Crippen LogP contribution in [0.15, 0.2) is 54.7 Å². The summed E-state index contributed by atoms with van der Waals surface area (Å²) in [5, 5.41) is 4.90. The predicted molar refractivity (Wildman–Crippen MR) is 111 cm³/mol. The van der Waals surface area contributed by atoms with Gasteiger partial charge < -0.3 is 10.1 Å². The molecule has 0 atom stereocenters. The van der Waals surface area contributed by atoms with Crippen molar-refractivity contribution < 1.29 is 13.9 Å². The minimum absolute atomic E-state index is 0.265. The molecule has 1 N–H and O–H groups in total. The normalized spacial score (nSPS) is 11.1. The first kappa shape index (κ1) is 18.7. The van der Waals surface area contributed by atoms with Gasteiger partial charge >= 0.3 is 0 Å². The molecule has 0 bridgehead atoms. The van der Waals surface area contributed by atoms with Crippen LogP contribution >= 0.6 is 22.9 Å². The topological polar surface area (TPSA) is 51.2 Å². The molecule has 2 aromatic heterocycles. The summed E-state index contributed by atoms with van der Waals surface area (Å²) in [6, 6.07) is 14.0. The molecule has 1 amide bonds. The first-order valence-corrected chi connectivity index (χ1v) is 9.95. The second kappa shape index (κ2) is 8.12. The Bertz CT molecular complexity index is 1160. The number of benzene rings is 2. The van der Waals surface area contributed by atoms with Gasteiger partial charge in [-0.1, -0.05) is 29.8 Å². The molecule has 4 aromatic rings. The van der Waals surface area contributed by atoms with E-state index in [1.165, 1.54) is 23.5 Å². The van der Waals surface area contributed by atoms with Crippen LogP contribution in [0, 0.1) is 5.82 Å². The maximum Gasteiger partial charge on any atom is 0.262 e. The summed E-state index contributed by atoms with van der Waals surface area (Å²) < 4.78 is 19.8. The fourth-order valence-corrected chi connectivity index (χ4v) is 4.37. The standard InChI is InChI=1S/C21H16ClFN2O2S/c22-18-15-8-7-14(23)12-17(15)28-20(18)21(26)25-10-3-11-27-16-6-1-4-13-5-2-9-24-19(13)16/h1-2,4-9,12H,3,10-11H2,(H,25,26). The number of thiophene rings is 1. The number of hydrogen-bond acceptors (Lipinski definition) is 4. The number of nitrogens with zero attached hydrogens (tertiary/aromatic N) is 1. The lowest BCUT2D eigenvalue weighted by atomic mass is 10.2. The van der Waals surface area contributed by atoms with E-state index in [2.05, 4.69) is 10.3 Å². The van der Waals surface area contributed by atoms with E-state index in [0.29, 0.717) is 39.6 Å². The molecule has 28 heavy (non-hydrogen) atoms. The van der Waals surface area contributed by atoms with E-state index in [0.717, 1.165) is 16.7 Å². The SMILES string of the molecule is O=C(NCCCOc1cccc2cccnc12)c1sc2cc(F)ccc2c1Cl. The van der Waals surface area contributed by atoms with Crippen molar-refractivity contribution in [2.24, 2.45) is 0 Å². The van der Waals surface area contributed by atoms with Crippen LogP contribution in [-0.2, 0) is 0 Å². The molecular formula is C21H16ClFN2O2S. The molecule has 142 valence electrons. The average molecular weight is 415 g/mol. The first-order chi connectivity index (χ1) is 13.6. The molecule has 0 saturated heterocycles. The summed E-state index contributed by atoms with van der Waals surface area (Å²) in [5.41, 5.74) is 0.818. The van der Waals surface area contributed by atoms with Gasteiger partial charge in [0.25, 0.3) is 5.91 Å². The Labute approximate surface area is 169 Å². The van der Waals surface area contributed by atoms with Crippen LogP contribution in [0.4, 0.5) is 4.39 Å². The van der Waals surface area contributed by atoms with Gasteiger partial charge in [0.2, 0.25) is 0 Å². The fourth-order valence-electron chi connectivity index (χ4n) is 2.91. The number of fused-ring (bicyclic) bond motifs is 2. The molecule has 0 unspecified atom stereocenters. The molecule has 2 aromatic carbocycles. The Kier molecular flexibility index (Phi) is 5.41. The third-order valence-electron chi connectivity index (χ3n) is 4.26. The van der Waals surface area contributed by atoms with Crippen LogP contribution in [0.3, 0.4) is 0 Å². The summed E-state index contributed by atoms with van der Waals surface area (Å²) in [4.78, 5) is 17.1. The van der Waals surface area contributed by atoms with Crippen molar-refractivity contribution in [3.63, 3.8) is 0 Å². The van der Waals surface area contributed by atoms with Crippen molar-refractivity contribution in [2.75, 3.05) is 13.2 Å². The van der Waals surface area contributed by atoms with Gasteiger partial charge in [0.1, 0.15) is 22.0 Å². The monoisotopic (exact) mass is 414 g/mol. The van der Waals surface area contributed by atoms with E-state index in [-0.39, 0.29) is 11.7 Å². The lowest BCUT2D eigenvalue weighted by Gasteiger charge is -2.09. The number of ether oxygens (including phenoxy) is 1. The van der Waals surface area contributed by atoms with Gasteiger partial charge in [-0.3, -0.25) is 9.78 Å². The molecule has 4 rings (SSSR count). The van der Waals surface area contributed by atoms with E-state index in [4.69, 9.17) is 16.3 Å². The highest BCUT2D eigenvalue weighted by Gasteiger charge is 2.17. The maximum absolute atomic E-state index is 13.3. The highest BCUT2D eigenvalue weighted by molar-refractivity contribution is 7.21. The first-order valence-electron chi connectivity index (χ1n) is 8.76. The molecule has 0 radical (unpaired) electrons. The van der Waals surface area contributed by atoms with E-state index in [1.807, 2.05) is 30.3 Å². The number of pyridine rings is 1. The lowest BCUT2D eigenvalue weighted by molar-refractivity contribution is 0.0956. The Hall–Kier alpha value is -2.70. The van der Waals surface area contributed by atoms with Gasteiger partial charge in [0.15, 0.2) is 0 Å². The zero-order chi connectivity index (χ0) is 19.5. The van der Waals surface area contributed by atoms with Crippen LogP contribution in [0.5, 0.6) is 5.75 Å². The van der Waals surface area contributed by atoms with Crippen molar-refractivity contribution >= 4 is 49.8 Å². The highest BCUT2D eigenvalue weighted by atomic mass is 35.5. The van der Waals surface area contributed by atoms with Gasteiger partial charge in [-0.2, -0.15) is 0 Å². The van der Waals surface area contributed by atoms with Crippen molar-refractivity contribution in [2.45, 2.75) is 6.42 Å². The predicted octanol–water partition coefficient (Wildman–Crippen LogP) is 5.44. The largest absolute Gasteiger partial charge is 0.491 e. The molecule has 7 heteroatoms. The summed E-state index contributed by atoms with van der Waals surface area (Å²) in [5.74, 6) is 0.106. The van der Waals surface area contributed by atoms with E-state index < -0.39 is 0 Å². The Morgan fingerprint density at radius 2 is 2.07 bits per heavy atom. The molecule has 0 saturated carbocycles. The summed E-state index contributed by atoms with van der Waals surface area (Å²) in [7, 11) is 0. The molecule has 0 aliphatic rings. The number of para-hydroxylation sites is 1. The number of amides is 1. The van der Waals surface area contributed by atoms with E-state index in [9.17, 15) is 9.18 Å². The van der Waals surface area contributed by atoms with Crippen molar-refractivity contribution in [3.05, 3.63) is 70.4 Å². The minimum atomic E-state index is -0.350. The van der Waals surface area contributed by atoms with Gasteiger partial charge in [-0.15, -0.1) is 11.3 Å². The van der Waals surface area contributed by atoms with Crippen molar-refractivity contribution in [3.8, 4) is 5.75 Å². The number of aromatic nitrogens is 1. The number of hydrogen-bond donors (Lipinski definition) is 1. The molecule has 4 nitrogen and oxygen atoms in total. The van der Waals surface area contributed by atoms with Gasteiger partial charge in [-0.25, -0.2) is 4.39 Å². The van der Waals surface area contributed by atoms with Gasteiger partial charge in [-0.05, 0) is 36.8 Å². The maximum atomic E-state index is 13.3. The summed E-state index contributed by atoms with van der Waals surface area (Å²) >= 11 is 7.46. The highest BCUT2D eigenvalue weighted by Crippen LogP contribution is 2.35. The number of carbonyl (C=O) groups is 1. The smallest absolute Gasteiger partial charge is 0.262 e. The summed E-state index contributed by atoms with van der Waals surface area (Å²) in [6.07, 6.45) is 2.36. The van der Waals surface area contributed by atoms with Crippen molar-refractivity contribution in [1.29, 1.82) is 0 Å². The number of rotatable bonds is 6. The lowest BCUT2D eigenvalue weighted by Crippen LogP contribution is -2.25. The zero-order valence-electron chi connectivity index (χ0n) is 14.7. The van der Waals surface area contributed by atoms with Crippen molar-refractivity contribution in [1.82, 2.24) is 10.3 Å². The number of nitrogens with one attached hydrogen (secondary N) is 1. The third kappa shape index (κ3) is 3.79. The average Bonchev–Trinajstić information content (AvgIpc) is 3.03. The van der Waals surface area contributed by atoms with Crippen LogP contribution in [0.2, 0.25) is 5.02 Å².